The molecule has 2 rings (SSSR count). The number of nitrogens with zero attached hydrogens (tertiary/aromatic N) is 3. The second-order valence-corrected chi connectivity index (χ2v) is 3.92. The number of hydrogen-bond donors (Lipinski definition) is 2. The van der Waals surface area contributed by atoms with Gasteiger partial charge in [-0.1, -0.05) is 11.6 Å². The monoisotopic (exact) mass is 266 g/mol. The van der Waals surface area contributed by atoms with Crippen LogP contribution >= 0.6 is 11.6 Å². The van der Waals surface area contributed by atoms with Gasteiger partial charge in [0.1, 0.15) is 16.5 Å². The second kappa shape index (κ2) is 5.50. The Kier molecular flexibility index (Phi) is 3.78. The molecule has 0 aliphatic rings. The molecular formula is C11H11ClN4O2. The lowest BCUT2D eigenvalue weighted by atomic mass is 10.2. The largest absolute Gasteiger partial charge is 0.478 e. The van der Waals surface area contributed by atoms with E-state index in [1.807, 2.05) is 12.3 Å². The van der Waals surface area contributed by atoms with Crippen LogP contribution in [0.2, 0.25) is 5.15 Å². The van der Waals surface area contributed by atoms with Gasteiger partial charge in [0.2, 0.25) is 0 Å². The molecule has 94 valence electrons. The number of aromatic carboxylic acids is 1. The van der Waals surface area contributed by atoms with Crippen LogP contribution < -0.4 is 5.32 Å². The van der Waals surface area contributed by atoms with Crippen molar-refractivity contribution in [1.82, 2.24) is 14.8 Å². The molecule has 0 radical (unpaired) electrons. The fourth-order valence-electron chi connectivity index (χ4n) is 1.46. The molecule has 2 aromatic heterocycles. The van der Waals surface area contributed by atoms with E-state index in [1.165, 1.54) is 12.1 Å². The van der Waals surface area contributed by atoms with E-state index < -0.39 is 5.97 Å². The van der Waals surface area contributed by atoms with Crippen molar-refractivity contribution < 1.29 is 9.90 Å². The highest BCUT2D eigenvalue weighted by molar-refractivity contribution is 6.29. The van der Waals surface area contributed by atoms with Crippen molar-refractivity contribution in [3.05, 3.63) is 41.3 Å². The van der Waals surface area contributed by atoms with Gasteiger partial charge in [-0.15, -0.1) is 0 Å². The third-order valence-electron chi connectivity index (χ3n) is 2.28. The molecule has 0 aliphatic carbocycles. The minimum Gasteiger partial charge on any atom is -0.478 e. The SMILES string of the molecule is O=C(O)c1ccc(Cl)nc1NCCn1cccn1. The molecule has 2 N–H and O–H groups in total. The number of halogens is 1. The number of anilines is 1. The van der Waals surface area contributed by atoms with E-state index in [0.29, 0.717) is 13.1 Å². The Bertz CT molecular complexity index is 542. The summed E-state index contributed by atoms with van der Waals surface area (Å²) in [4.78, 5) is 14.9. The smallest absolute Gasteiger partial charge is 0.339 e. The third-order valence-corrected chi connectivity index (χ3v) is 2.49. The van der Waals surface area contributed by atoms with Crippen LogP contribution in [0.3, 0.4) is 0 Å². The van der Waals surface area contributed by atoms with Crippen molar-refractivity contribution in [2.75, 3.05) is 11.9 Å². The molecule has 7 heteroatoms. The van der Waals surface area contributed by atoms with E-state index in [9.17, 15) is 4.79 Å². The van der Waals surface area contributed by atoms with E-state index >= 15 is 0 Å². The molecule has 0 amide bonds. The normalized spacial score (nSPS) is 10.3. The summed E-state index contributed by atoms with van der Waals surface area (Å²) in [7, 11) is 0. The standard InChI is InChI=1S/C11H11ClN4O2/c12-9-3-2-8(11(17)18)10(15-9)13-5-7-16-6-1-4-14-16/h1-4,6H,5,7H2,(H,13,15)(H,17,18). The number of nitrogens with one attached hydrogen (secondary N) is 1. The van der Waals surface area contributed by atoms with Crippen LogP contribution in [0.25, 0.3) is 0 Å². The van der Waals surface area contributed by atoms with Gasteiger partial charge in [-0.2, -0.15) is 5.10 Å². The minimum absolute atomic E-state index is 0.0971. The van der Waals surface area contributed by atoms with E-state index in [0.717, 1.165) is 0 Å². The Morgan fingerprint density at radius 2 is 2.33 bits per heavy atom. The molecule has 0 saturated carbocycles. The molecule has 18 heavy (non-hydrogen) atoms. The Labute approximate surface area is 108 Å². The summed E-state index contributed by atoms with van der Waals surface area (Å²) in [6.07, 6.45) is 3.51. The quantitative estimate of drug-likeness (QED) is 0.806. The average molecular weight is 267 g/mol. The predicted octanol–water partition coefficient (Wildman–Crippen LogP) is 1.74. The third kappa shape index (κ3) is 2.98. The summed E-state index contributed by atoms with van der Waals surface area (Å²) >= 11 is 5.74. The molecule has 0 unspecified atom stereocenters. The zero-order valence-corrected chi connectivity index (χ0v) is 10.1. The molecule has 0 saturated heterocycles. The molecule has 2 aromatic rings. The molecule has 6 nitrogen and oxygen atoms in total. The number of carbonyl (C=O) groups is 1. The highest BCUT2D eigenvalue weighted by Gasteiger charge is 2.11. The fourth-order valence-corrected chi connectivity index (χ4v) is 1.61. The first kappa shape index (κ1) is 12.4. The van der Waals surface area contributed by atoms with E-state index in [2.05, 4.69) is 15.4 Å². The highest BCUT2D eigenvalue weighted by atomic mass is 35.5. The van der Waals surface area contributed by atoms with Crippen LogP contribution in [-0.2, 0) is 6.54 Å². The number of hydrogen-bond acceptors (Lipinski definition) is 4. The Balaban J connectivity index is 2.03. The molecule has 0 aromatic carbocycles. The molecule has 0 fully saturated rings. The first-order chi connectivity index (χ1) is 8.66. The lowest BCUT2D eigenvalue weighted by Crippen LogP contribution is -2.14. The van der Waals surface area contributed by atoms with Crippen LogP contribution in [0.5, 0.6) is 0 Å². The summed E-state index contributed by atoms with van der Waals surface area (Å²) < 4.78 is 1.73. The van der Waals surface area contributed by atoms with Crippen LogP contribution in [-0.4, -0.2) is 32.4 Å². The van der Waals surface area contributed by atoms with Gasteiger partial charge in [-0.3, -0.25) is 4.68 Å². The van der Waals surface area contributed by atoms with Crippen molar-refractivity contribution in [3.63, 3.8) is 0 Å². The predicted molar refractivity (Wildman–Crippen MR) is 66.9 cm³/mol. The Morgan fingerprint density at radius 3 is 3.00 bits per heavy atom. The van der Waals surface area contributed by atoms with Crippen molar-refractivity contribution in [1.29, 1.82) is 0 Å². The van der Waals surface area contributed by atoms with Crippen molar-refractivity contribution in [2.45, 2.75) is 6.54 Å². The maximum atomic E-state index is 11.0. The molecular weight excluding hydrogens is 256 g/mol. The van der Waals surface area contributed by atoms with Gasteiger partial charge in [0.25, 0.3) is 0 Å². The summed E-state index contributed by atoms with van der Waals surface area (Å²) in [6.45, 7) is 1.12. The number of pyridine rings is 1. The number of carboxylic acid groups (broad SMARTS) is 1. The topological polar surface area (TPSA) is 80.0 Å². The zero-order chi connectivity index (χ0) is 13.0. The lowest BCUT2D eigenvalue weighted by Gasteiger charge is -2.08. The minimum atomic E-state index is -1.04. The van der Waals surface area contributed by atoms with Crippen molar-refractivity contribution >= 4 is 23.4 Å². The zero-order valence-electron chi connectivity index (χ0n) is 9.38. The molecule has 2 heterocycles. The maximum absolute atomic E-state index is 11.0. The average Bonchev–Trinajstić information content (AvgIpc) is 2.82. The van der Waals surface area contributed by atoms with E-state index in [-0.39, 0.29) is 16.5 Å². The van der Waals surface area contributed by atoms with Gasteiger partial charge < -0.3 is 10.4 Å². The Hall–Kier alpha value is -2.08. The molecule has 0 aliphatic heterocycles. The van der Waals surface area contributed by atoms with Gasteiger partial charge in [0.05, 0.1) is 6.54 Å². The van der Waals surface area contributed by atoms with Gasteiger partial charge in [-0.05, 0) is 18.2 Å². The first-order valence-corrected chi connectivity index (χ1v) is 5.66. The highest BCUT2D eigenvalue weighted by Crippen LogP contribution is 2.16. The lowest BCUT2D eigenvalue weighted by molar-refractivity contribution is 0.0697. The Morgan fingerprint density at radius 1 is 1.50 bits per heavy atom. The second-order valence-electron chi connectivity index (χ2n) is 3.53. The summed E-state index contributed by atoms with van der Waals surface area (Å²) in [6, 6.07) is 4.69. The van der Waals surface area contributed by atoms with Crippen molar-refractivity contribution in [3.8, 4) is 0 Å². The van der Waals surface area contributed by atoms with Gasteiger partial charge >= 0.3 is 5.97 Å². The maximum Gasteiger partial charge on any atom is 0.339 e. The number of carboxylic acids is 1. The summed E-state index contributed by atoms with van der Waals surface area (Å²) in [5.41, 5.74) is 0.0971. The van der Waals surface area contributed by atoms with E-state index in [4.69, 9.17) is 16.7 Å². The summed E-state index contributed by atoms with van der Waals surface area (Å²) in [5.74, 6) is -0.775. The van der Waals surface area contributed by atoms with Crippen LogP contribution in [0.15, 0.2) is 30.6 Å². The molecule has 0 spiro atoms. The van der Waals surface area contributed by atoms with Gasteiger partial charge in [0.15, 0.2) is 0 Å². The van der Waals surface area contributed by atoms with E-state index in [1.54, 1.807) is 10.9 Å². The van der Waals surface area contributed by atoms with Gasteiger partial charge in [-0.25, -0.2) is 9.78 Å². The fraction of sp³-hybridized carbons (Fsp3) is 0.182. The van der Waals surface area contributed by atoms with Crippen LogP contribution in [0.1, 0.15) is 10.4 Å². The van der Waals surface area contributed by atoms with Gasteiger partial charge in [0, 0.05) is 18.9 Å². The summed E-state index contributed by atoms with van der Waals surface area (Å²) in [5, 5.41) is 16.2. The van der Waals surface area contributed by atoms with Crippen LogP contribution in [0, 0.1) is 0 Å². The van der Waals surface area contributed by atoms with Crippen molar-refractivity contribution in [2.24, 2.45) is 0 Å². The first-order valence-electron chi connectivity index (χ1n) is 5.28. The number of aromatic nitrogens is 3. The molecule has 0 bridgehead atoms. The number of rotatable bonds is 5. The van der Waals surface area contributed by atoms with Crippen LogP contribution in [0.4, 0.5) is 5.82 Å². The molecule has 0 atom stereocenters.